The van der Waals surface area contributed by atoms with Gasteiger partial charge >= 0.3 is 0 Å². The van der Waals surface area contributed by atoms with E-state index in [1.165, 1.54) is 11.3 Å². The lowest BCUT2D eigenvalue weighted by Gasteiger charge is -2.19. The monoisotopic (exact) mass is 234 g/mol. The topological polar surface area (TPSA) is 41.1 Å². The fourth-order valence-corrected chi connectivity index (χ4v) is 2.20. The van der Waals surface area contributed by atoms with E-state index in [0.717, 1.165) is 51.4 Å². The minimum Gasteiger partial charge on any atom is -0.312 e. The molecule has 0 aromatic carbocycles. The molecule has 1 N–H and O–H groups in total. The molecule has 0 bridgehead atoms. The molecule has 1 aliphatic rings. The Morgan fingerprint density at radius 2 is 2.18 bits per heavy atom. The third kappa shape index (κ3) is 3.23. The molecule has 1 aromatic heterocycles. The Balaban J connectivity index is 1.97. The van der Waals surface area contributed by atoms with E-state index in [4.69, 9.17) is 0 Å². The summed E-state index contributed by atoms with van der Waals surface area (Å²) in [6.45, 7) is 9.62. The Kier molecular flexibility index (Phi) is 4.45. The third-order valence-corrected chi connectivity index (χ3v) is 3.40. The van der Waals surface area contributed by atoms with E-state index < -0.39 is 0 Å². The summed E-state index contributed by atoms with van der Waals surface area (Å²) >= 11 is 0. The van der Waals surface area contributed by atoms with Gasteiger partial charge in [-0.2, -0.15) is 0 Å². The predicted molar refractivity (Wildman–Crippen MR) is 68.9 cm³/mol. The molecule has 2 heterocycles. The minimum absolute atomic E-state index is 0.922. The zero-order chi connectivity index (χ0) is 12.1. The van der Waals surface area contributed by atoms with Crippen LogP contribution in [0.5, 0.6) is 0 Å². The first kappa shape index (κ1) is 12.5. The average Bonchev–Trinajstić information content (AvgIpc) is 2.40. The number of likely N-dealkylation sites (N-methyl/N-ethyl adjacent to an activating group) is 1. The van der Waals surface area contributed by atoms with Gasteiger partial charge in [-0.05, 0) is 13.1 Å². The van der Waals surface area contributed by atoms with Crippen molar-refractivity contribution in [2.75, 3.05) is 26.2 Å². The van der Waals surface area contributed by atoms with Crippen molar-refractivity contribution >= 4 is 0 Å². The van der Waals surface area contributed by atoms with Gasteiger partial charge < -0.3 is 10.2 Å². The molecule has 0 aliphatic carbocycles. The van der Waals surface area contributed by atoms with E-state index in [1.54, 1.807) is 0 Å². The van der Waals surface area contributed by atoms with Crippen LogP contribution in [0.25, 0.3) is 0 Å². The van der Waals surface area contributed by atoms with Crippen LogP contribution >= 0.6 is 0 Å². The molecule has 0 radical (unpaired) electrons. The lowest BCUT2D eigenvalue weighted by molar-refractivity contribution is 0.305. The van der Waals surface area contributed by atoms with Crippen LogP contribution in [-0.4, -0.2) is 41.0 Å². The standard InChI is InChI=1S/C13H22N4/c1-3-17(4-2)8-6-13-15-10-11-9-14-7-5-12(11)16-13/h10,14H,3-9H2,1-2H3. The van der Waals surface area contributed by atoms with E-state index in [1.807, 2.05) is 6.20 Å². The lowest BCUT2D eigenvalue weighted by Crippen LogP contribution is -2.27. The van der Waals surface area contributed by atoms with Crippen LogP contribution in [0.1, 0.15) is 30.9 Å². The van der Waals surface area contributed by atoms with Gasteiger partial charge in [0, 0.05) is 49.9 Å². The second-order valence-corrected chi connectivity index (χ2v) is 4.46. The summed E-state index contributed by atoms with van der Waals surface area (Å²) < 4.78 is 0. The van der Waals surface area contributed by atoms with Crippen LogP contribution in [0.3, 0.4) is 0 Å². The van der Waals surface area contributed by atoms with Crippen LogP contribution in [0.2, 0.25) is 0 Å². The van der Waals surface area contributed by atoms with Gasteiger partial charge in [0.2, 0.25) is 0 Å². The van der Waals surface area contributed by atoms with Gasteiger partial charge in [-0.15, -0.1) is 0 Å². The molecule has 1 aliphatic heterocycles. The number of aromatic nitrogens is 2. The number of hydrogen-bond donors (Lipinski definition) is 1. The van der Waals surface area contributed by atoms with E-state index in [2.05, 4.69) is 34.0 Å². The number of rotatable bonds is 5. The Labute approximate surface area is 103 Å². The number of fused-ring (bicyclic) bond motifs is 1. The Bertz CT molecular complexity index is 360. The molecule has 0 unspecified atom stereocenters. The summed E-state index contributed by atoms with van der Waals surface area (Å²) in [4.78, 5) is 11.5. The summed E-state index contributed by atoms with van der Waals surface area (Å²) in [6.07, 6.45) is 3.99. The largest absolute Gasteiger partial charge is 0.312 e. The lowest BCUT2D eigenvalue weighted by atomic mass is 10.1. The first-order valence-corrected chi connectivity index (χ1v) is 6.60. The van der Waals surface area contributed by atoms with Gasteiger partial charge in [-0.25, -0.2) is 9.97 Å². The molecule has 4 heteroatoms. The molecule has 4 nitrogen and oxygen atoms in total. The van der Waals surface area contributed by atoms with E-state index in [9.17, 15) is 0 Å². The highest BCUT2D eigenvalue weighted by atomic mass is 15.1. The van der Waals surface area contributed by atoms with Crippen molar-refractivity contribution in [1.29, 1.82) is 0 Å². The van der Waals surface area contributed by atoms with Gasteiger partial charge in [0.15, 0.2) is 0 Å². The number of hydrogen-bond acceptors (Lipinski definition) is 4. The number of nitrogens with one attached hydrogen (secondary N) is 1. The average molecular weight is 234 g/mol. The van der Waals surface area contributed by atoms with Gasteiger partial charge in [0.05, 0.1) is 0 Å². The zero-order valence-corrected chi connectivity index (χ0v) is 10.9. The van der Waals surface area contributed by atoms with Crippen molar-refractivity contribution in [1.82, 2.24) is 20.2 Å². The Morgan fingerprint density at radius 1 is 1.35 bits per heavy atom. The van der Waals surface area contributed by atoms with Gasteiger partial charge in [0.25, 0.3) is 0 Å². The highest BCUT2D eigenvalue weighted by molar-refractivity contribution is 5.20. The van der Waals surface area contributed by atoms with Crippen molar-refractivity contribution in [3.05, 3.63) is 23.3 Å². The summed E-state index contributed by atoms with van der Waals surface area (Å²) in [6, 6.07) is 0. The van der Waals surface area contributed by atoms with E-state index >= 15 is 0 Å². The molecule has 0 saturated heterocycles. The van der Waals surface area contributed by atoms with E-state index in [-0.39, 0.29) is 0 Å². The van der Waals surface area contributed by atoms with Crippen molar-refractivity contribution in [2.45, 2.75) is 33.2 Å². The van der Waals surface area contributed by atoms with Crippen molar-refractivity contribution in [2.24, 2.45) is 0 Å². The van der Waals surface area contributed by atoms with Crippen LogP contribution < -0.4 is 5.32 Å². The second-order valence-electron chi connectivity index (χ2n) is 4.46. The highest BCUT2D eigenvalue weighted by Crippen LogP contribution is 2.10. The quantitative estimate of drug-likeness (QED) is 0.825. The Morgan fingerprint density at radius 3 is 2.94 bits per heavy atom. The van der Waals surface area contributed by atoms with Gasteiger partial charge in [0.1, 0.15) is 5.82 Å². The van der Waals surface area contributed by atoms with Crippen molar-refractivity contribution in [3.8, 4) is 0 Å². The van der Waals surface area contributed by atoms with Gasteiger partial charge in [-0.3, -0.25) is 0 Å². The third-order valence-electron chi connectivity index (χ3n) is 3.40. The molecule has 1 aromatic rings. The van der Waals surface area contributed by atoms with Crippen LogP contribution in [0.4, 0.5) is 0 Å². The van der Waals surface area contributed by atoms with Crippen LogP contribution in [-0.2, 0) is 19.4 Å². The zero-order valence-electron chi connectivity index (χ0n) is 10.9. The molecule has 0 spiro atoms. The van der Waals surface area contributed by atoms with E-state index in [0.29, 0.717) is 0 Å². The summed E-state index contributed by atoms with van der Waals surface area (Å²) in [7, 11) is 0. The SMILES string of the molecule is CCN(CC)CCc1ncc2c(n1)CCNC2. The summed E-state index contributed by atoms with van der Waals surface area (Å²) in [5.74, 6) is 0.998. The summed E-state index contributed by atoms with van der Waals surface area (Å²) in [5, 5.41) is 3.34. The fourth-order valence-electron chi connectivity index (χ4n) is 2.20. The predicted octanol–water partition coefficient (Wildman–Crippen LogP) is 1.01. The number of nitrogens with zero attached hydrogens (tertiary/aromatic N) is 3. The molecular formula is C13H22N4. The molecular weight excluding hydrogens is 212 g/mol. The van der Waals surface area contributed by atoms with Gasteiger partial charge in [-0.1, -0.05) is 13.8 Å². The molecule has 0 atom stereocenters. The smallest absolute Gasteiger partial charge is 0.129 e. The Hall–Kier alpha value is -1.00. The fraction of sp³-hybridized carbons (Fsp3) is 0.692. The van der Waals surface area contributed by atoms with Crippen molar-refractivity contribution < 1.29 is 0 Å². The first-order chi connectivity index (χ1) is 8.33. The van der Waals surface area contributed by atoms with Crippen LogP contribution in [0, 0.1) is 0 Å². The highest BCUT2D eigenvalue weighted by Gasteiger charge is 2.11. The van der Waals surface area contributed by atoms with Crippen molar-refractivity contribution in [3.63, 3.8) is 0 Å². The molecule has 17 heavy (non-hydrogen) atoms. The molecule has 0 fully saturated rings. The maximum atomic E-state index is 4.68. The molecule has 2 rings (SSSR count). The second kappa shape index (κ2) is 6.07. The molecule has 94 valence electrons. The summed E-state index contributed by atoms with van der Waals surface area (Å²) in [5.41, 5.74) is 2.51. The normalized spacial score (nSPS) is 15.0. The van der Waals surface area contributed by atoms with Crippen LogP contribution in [0.15, 0.2) is 6.20 Å². The maximum Gasteiger partial charge on any atom is 0.129 e. The molecule has 0 saturated carbocycles. The maximum absolute atomic E-state index is 4.68. The molecule has 0 amide bonds. The first-order valence-electron chi connectivity index (χ1n) is 6.60. The minimum atomic E-state index is 0.922.